The second-order valence-corrected chi connectivity index (χ2v) is 8.44. The molecule has 6 nitrogen and oxygen atoms in total. The summed E-state index contributed by atoms with van der Waals surface area (Å²) >= 11 is 0. The summed E-state index contributed by atoms with van der Waals surface area (Å²) in [5.41, 5.74) is 6.54. The number of nitrogens with zero attached hydrogens (tertiary/aromatic N) is 5. The van der Waals surface area contributed by atoms with Crippen LogP contribution in [0.2, 0.25) is 0 Å². The van der Waals surface area contributed by atoms with Crippen molar-refractivity contribution in [3.63, 3.8) is 0 Å². The Labute approximate surface area is 193 Å². The van der Waals surface area contributed by atoms with E-state index in [1.165, 1.54) is 0 Å². The van der Waals surface area contributed by atoms with Crippen LogP contribution in [0.25, 0.3) is 39.2 Å². The van der Waals surface area contributed by atoms with Crippen molar-refractivity contribution < 1.29 is 4.74 Å². The summed E-state index contributed by atoms with van der Waals surface area (Å²) in [6.45, 7) is 3.68. The first kappa shape index (κ1) is 21.1. The highest BCUT2D eigenvalue weighted by Crippen LogP contribution is 2.36. The molecule has 33 heavy (non-hydrogen) atoms. The molecule has 4 aromatic heterocycles. The van der Waals surface area contributed by atoms with Gasteiger partial charge in [-0.1, -0.05) is 12.1 Å². The van der Waals surface area contributed by atoms with Crippen LogP contribution < -0.4 is 4.74 Å². The molecule has 0 radical (unpaired) electrons. The number of aryl methyl sites for hydroxylation is 1. The molecule has 0 N–H and O–H groups in total. The van der Waals surface area contributed by atoms with E-state index in [-0.39, 0.29) is 0 Å². The molecular weight excluding hydrogens is 410 g/mol. The molecule has 0 atom stereocenters. The Bertz CT molecular complexity index is 1420. The van der Waals surface area contributed by atoms with Crippen molar-refractivity contribution in [3.05, 3.63) is 78.8 Å². The third kappa shape index (κ3) is 4.30. The zero-order chi connectivity index (χ0) is 22.8. The van der Waals surface area contributed by atoms with Crippen LogP contribution in [0, 0.1) is 6.92 Å². The van der Waals surface area contributed by atoms with E-state index in [4.69, 9.17) is 14.7 Å². The molecule has 0 aliphatic heterocycles. The summed E-state index contributed by atoms with van der Waals surface area (Å²) in [4.78, 5) is 16.5. The highest BCUT2D eigenvalue weighted by molar-refractivity contribution is 5.98. The van der Waals surface area contributed by atoms with Crippen LogP contribution in [-0.4, -0.2) is 51.5 Å². The SMILES string of the molecule is Cc1cccc(-c2nc3ccccn3c2-c2ccnc3cc(OCCCN(C)C)ccc23)n1. The molecule has 0 saturated carbocycles. The quantitative estimate of drug-likeness (QED) is 0.326. The van der Waals surface area contributed by atoms with Crippen LogP contribution in [0.1, 0.15) is 12.1 Å². The fourth-order valence-electron chi connectivity index (χ4n) is 4.10. The second kappa shape index (κ2) is 9.00. The van der Waals surface area contributed by atoms with Gasteiger partial charge in [-0.3, -0.25) is 14.4 Å². The number of imidazole rings is 1. The van der Waals surface area contributed by atoms with Crippen molar-refractivity contribution in [1.82, 2.24) is 24.3 Å². The van der Waals surface area contributed by atoms with Crippen LogP contribution in [0.3, 0.4) is 0 Å². The number of hydrogen-bond acceptors (Lipinski definition) is 5. The number of pyridine rings is 3. The van der Waals surface area contributed by atoms with E-state index in [0.29, 0.717) is 6.61 Å². The molecule has 0 amide bonds. The van der Waals surface area contributed by atoms with Crippen molar-refractivity contribution >= 4 is 16.6 Å². The van der Waals surface area contributed by atoms with Gasteiger partial charge in [-0.15, -0.1) is 0 Å². The summed E-state index contributed by atoms with van der Waals surface area (Å²) in [6, 6.07) is 20.3. The number of hydrogen-bond donors (Lipinski definition) is 0. The van der Waals surface area contributed by atoms with Gasteiger partial charge < -0.3 is 9.64 Å². The number of aromatic nitrogens is 4. The zero-order valence-electron chi connectivity index (χ0n) is 19.2. The van der Waals surface area contributed by atoms with Gasteiger partial charge in [0, 0.05) is 41.6 Å². The lowest BCUT2D eigenvalue weighted by Crippen LogP contribution is -2.15. The van der Waals surface area contributed by atoms with Gasteiger partial charge in [0.25, 0.3) is 0 Å². The highest BCUT2D eigenvalue weighted by Gasteiger charge is 2.19. The second-order valence-electron chi connectivity index (χ2n) is 8.44. The molecule has 6 heteroatoms. The van der Waals surface area contributed by atoms with Crippen LogP contribution in [0.15, 0.2) is 73.1 Å². The molecule has 4 heterocycles. The monoisotopic (exact) mass is 437 g/mol. The lowest BCUT2D eigenvalue weighted by Gasteiger charge is -2.12. The fraction of sp³-hybridized carbons (Fsp3) is 0.222. The van der Waals surface area contributed by atoms with Gasteiger partial charge >= 0.3 is 0 Å². The van der Waals surface area contributed by atoms with Crippen molar-refractivity contribution in [3.8, 4) is 28.4 Å². The average molecular weight is 438 g/mol. The van der Waals surface area contributed by atoms with Crippen LogP contribution in [0.4, 0.5) is 0 Å². The maximum absolute atomic E-state index is 5.98. The molecule has 0 fully saturated rings. The van der Waals surface area contributed by atoms with Gasteiger partial charge in [-0.25, -0.2) is 4.98 Å². The topological polar surface area (TPSA) is 55.6 Å². The maximum atomic E-state index is 5.98. The van der Waals surface area contributed by atoms with Gasteiger partial charge in [0.1, 0.15) is 17.1 Å². The number of fused-ring (bicyclic) bond motifs is 2. The fourth-order valence-corrected chi connectivity index (χ4v) is 4.10. The van der Waals surface area contributed by atoms with Crippen LogP contribution >= 0.6 is 0 Å². The minimum absolute atomic E-state index is 0.680. The van der Waals surface area contributed by atoms with E-state index >= 15 is 0 Å². The molecule has 1 aromatic carbocycles. The molecular formula is C27H27N5O. The molecule has 0 aliphatic carbocycles. The predicted molar refractivity (Wildman–Crippen MR) is 133 cm³/mol. The van der Waals surface area contributed by atoms with Crippen molar-refractivity contribution in [2.75, 3.05) is 27.2 Å². The summed E-state index contributed by atoms with van der Waals surface area (Å²) in [6.07, 6.45) is 4.88. The van der Waals surface area contributed by atoms with E-state index in [2.05, 4.69) is 40.5 Å². The Balaban J connectivity index is 1.60. The minimum atomic E-state index is 0.680. The Hall–Kier alpha value is -3.77. The van der Waals surface area contributed by atoms with Gasteiger partial charge in [0.2, 0.25) is 0 Å². The largest absolute Gasteiger partial charge is 0.493 e. The van der Waals surface area contributed by atoms with Gasteiger partial charge in [0.05, 0.1) is 23.5 Å². The smallest absolute Gasteiger partial charge is 0.138 e. The maximum Gasteiger partial charge on any atom is 0.138 e. The Morgan fingerprint density at radius 2 is 1.88 bits per heavy atom. The Morgan fingerprint density at radius 1 is 0.970 bits per heavy atom. The van der Waals surface area contributed by atoms with E-state index in [1.54, 1.807) is 0 Å². The molecule has 0 unspecified atom stereocenters. The average Bonchev–Trinajstić information content (AvgIpc) is 3.21. The summed E-state index contributed by atoms with van der Waals surface area (Å²) in [7, 11) is 4.14. The van der Waals surface area contributed by atoms with Crippen LogP contribution in [-0.2, 0) is 0 Å². The van der Waals surface area contributed by atoms with E-state index in [9.17, 15) is 0 Å². The Morgan fingerprint density at radius 3 is 2.73 bits per heavy atom. The molecule has 0 aliphatic rings. The van der Waals surface area contributed by atoms with Gasteiger partial charge in [-0.2, -0.15) is 0 Å². The number of ether oxygens (including phenoxy) is 1. The molecule has 5 aromatic rings. The predicted octanol–water partition coefficient (Wildman–Crippen LogP) is 5.25. The normalized spacial score (nSPS) is 11.5. The van der Waals surface area contributed by atoms with Gasteiger partial charge in [0.15, 0.2) is 0 Å². The summed E-state index contributed by atoms with van der Waals surface area (Å²) in [5, 5.41) is 1.05. The molecule has 0 bridgehead atoms. The minimum Gasteiger partial charge on any atom is -0.493 e. The van der Waals surface area contributed by atoms with E-state index in [1.807, 2.05) is 67.8 Å². The highest BCUT2D eigenvalue weighted by atomic mass is 16.5. The standard InChI is InChI=1S/C27H27N5O/c1-19-8-6-9-23(29-19)26-27(32-16-5-4-10-25(32)30-26)22-13-14-28-24-18-20(11-12-21(22)24)33-17-7-15-31(2)3/h4-6,8-14,16,18H,7,15,17H2,1-3H3. The zero-order valence-corrected chi connectivity index (χ0v) is 19.2. The van der Waals surface area contributed by atoms with Gasteiger partial charge in [-0.05, 0) is 69.9 Å². The third-order valence-electron chi connectivity index (χ3n) is 5.65. The first-order chi connectivity index (χ1) is 16.1. The van der Waals surface area contributed by atoms with E-state index < -0.39 is 0 Å². The van der Waals surface area contributed by atoms with Crippen molar-refractivity contribution in [1.29, 1.82) is 0 Å². The molecule has 166 valence electrons. The van der Waals surface area contributed by atoms with Crippen molar-refractivity contribution in [2.24, 2.45) is 0 Å². The lowest BCUT2D eigenvalue weighted by atomic mass is 10.0. The first-order valence-corrected chi connectivity index (χ1v) is 11.2. The first-order valence-electron chi connectivity index (χ1n) is 11.2. The molecule has 0 spiro atoms. The van der Waals surface area contributed by atoms with Crippen LogP contribution in [0.5, 0.6) is 5.75 Å². The summed E-state index contributed by atoms with van der Waals surface area (Å²) in [5.74, 6) is 0.838. The summed E-state index contributed by atoms with van der Waals surface area (Å²) < 4.78 is 8.10. The Kier molecular flexibility index (Phi) is 5.75. The molecule has 0 saturated heterocycles. The third-order valence-corrected chi connectivity index (χ3v) is 5.65. The van der Waals surface area contributed by atoms with E-state index in [0.717, 1.165) is 63.6 Å². The number of rotatable bonds is 7. The lowest BCUT2D eigenvalue weighted by molar-refractivity contribution is 0.282. The molecule has 5 rings (SSSR count). The van der Waals surface area contributed by atoms with Crippen molar-refractivity contribution in [2.45, 2.75) is 13.3 Å². The number of benzene rings is 1.